The van der Waals surface area contributed by atoms with Crippen LogP contribution >= 0.6 is 0 Å². The van der Waals surface area contributed by atoms with Crippen molar-refractivity contribution in [2.24, 2.45) is 4.99 Å². The zero-order chi connectivity index (χ0) is 18.9. The van der Waals surface area contributed by atoms with Crippen LogP contribution in [0.15, 0.2) is 53.5 Å². The van der Waals surface area contributed by atoms with Gasteiger partial charge in [0.05, 0.1) is 13.2 Å². The van der Waals surface area contributed by atoms with Crippen molar-refractivity contribution >= 4 is 5.96 Å². The minimum absolute atomic E-state index is 0.193. The van der Waals surface area contributed by atoms with E-state index in [4.69, 9.17) is 9.47 Å². The Kier molecular flexibility index (Phi) is 7.41. The average Bonchev–Trinajstić information content (AvgIpc) is 2.67. The van der Waals surface area contributed by atoms with Crippen LogP contribution in [0.4, 0.5) is 4.39 Å². The van der Waals surface area contributed by atoms with Gasteiger partial charge < -0.3 is 19.7 Å². The lowest BCUT2D eigenvalue weighted by molar-refractivity contribution is 0.106. The van der Waals surface area contributed by atoms with Crippen LogP contribution in [-0.4, -0.2) is 45.7 Å². The second kappa shape index (κ2) is 9.77. The zero-order valence-corrected chi connectivity index (χ0v) is 15.7. The minimum atomic E-state index is -0.258. The lowest BCUT2D eigenvalue weighted by Crippen LogP contribution is -2.40. The second-order valence-corrected chi connectivity index (χ2v) is 5.91. The summed E-state index contributed by atoms with van der Waals surface area (Å²) >= 11 is 0. The highest BCUT2D eigenvalue weighted by Gasteiger charge is 2.13. The fourth-order valence-electron chi connectivity index (χ4n) is 2.66. The summed E-state index contributed by atoms with van der Waals surface area (Å²) < 4.78 is 23.8. The van der Waals surface area contributed by atoms with Gasteiger partial charge >= 0.3 is 0 Å². The van der Waals surface area contributed by atoms with E-state index in [1.54, 1.807) is 33.4 Å². The van der Waals surface area contributed by atoms with Crippen LogP contribution in [0.3, 0.4) is 0 Å². The maximum atomic E-state index is 13.1. The molecular formula is C20H26FN3O2. The first-order chi connectivity index (χ1) is 12.6. The molecular weight excluding hydrogens is 333 g/mol. The number of aliphatic imine (C=N–C) groups is 1. The van der Waals surface area contributed by atoms with E-state index in [1.807, 2.05) is 36.2 Å². The Labute approximate surface area is 154 Å². The molecule has 0 aliphatic heterocycles. The molecule has 0 fully saturated rings. The van der Waals surface area contributed by atoms with Crippen LogP contribution in [0.5, 0.6) is 5.75 Å². The Balaban J connectivity index is 1.95. The molecule has 1 unspecified atom stereocenters. The topological polar surface area (TPSA) is 46.1 Å². The van der Waals surface area contributed by atoms with Crippen molar-refractivity contribution in [3.63, 3.8) is 0 Å². The third-order valence-electron chi connectivity index (χ3n) is 4.12. The van der Waals surface area contributed by atoms with E-state index in [-0.39, 0.29) is 11.9 Å². The Hall–Kier alpha value is -2.60. The predicted molar refractivity (Wildman–Crippen MR) is 102 cm³/mol. The molecule has 0 amide bonds. The third kappa shape index (κ3) is 5.46. The number of hydrogen-bond donors (Lipinski definition) is 1. The fraction of sp³-hybridized carbons (Fsp3) is 0.350. The lowest BCUT2D eigenvalue weighted by atomic mass is 10.1. The largest absolute Gasteiger partial charge is 0.497 e. The summed E-state index contributed by atoms with van der Waals surface area (Å²) in [6.07, 6.45) is -0.193. The molecule has 5 nitrogen and oxygen atoms in total. The first-order valence-corrected chi connectivity index (χ1v) is 8.40. The maximum absolute atomic E-state index is 13.1. The average molecular weight is 359 g/mol. The molecule has 0 bridgehead atoms. The van der Waals surface area contributed by atoms with Crippen LogP contribution in [0, 0.1) is 5.82 Å². The summed E-state index contributed by atoms with van der Waals surface area (Å²) in [5.41, 5.74) is 2.06. The van der Waals surface area contributed by atoms with Gasteiger partial charge in [-0.2, -0.15) is 0 Å². The van der Waals surface area contributed by atoms with Crippen LogP contribution in [0.1, 0.15) is 17.2 Å². The summed E-state index contributed by atoms with van der Waals surface area (Å²) in [7, 11) is 7.01. The molecule has 0 aromatic heterocycles. The van der Waals surface area contributed by atoms with E-state index < -0.39 is 0 Å². The van der Waals surface area contributed by atoms with Crippen LogP contribution in [-0.2, 0) is 11.3 Å². The summed E-state index contributed by atoms with van der Waals surface area (Å²) in [5, 5.41) is 3.31. The monoisotopic (exact) mass is 359 g/mol. The summed E-state index contributed by atoms with van der Waals surface area (Å²) in [4.78, 5) is 6.35. The lowest BCUT2D eigenvalue weighted by Gasteiger charge is -2.24. The van der Waals surface area contributed by atoms with Gasteiger partial charge in [0.15, 0.2) is 5.96 Å². The molecule has 0 saturated carbocycles. The Bertz CT molecular complexity index is 702. The standard InChI is InChI=1S/C20H26FN3O2/c1-22-20(24(2)14-15-5-11-18(25-3)12-6-15)23-13-19(26-4)16-7-9-17(21)10-8-16/h5-12,19H,13-14H2,1-4H3,(H,22,23). The van der Waals surface area contributed by atoms with Crippen molar-refractivity contribution in [3.8, 4) is 5.75 Å². The number of rotatable bonds is 7. The molecule has 140 valence electrons. The van der Waals surface area contributed by atoms with Gasteiger partial charge in [0, 0.05) is 34.3 Å². The number of nitrogens with zero attached hydrogens (tertiary/aromatic N) is 2. The first kappa shape index (κ1) is 19.7. The Morgan fingerprint density at radius 3 is 2.31 bits per heavy atom. The van der Waals surface area contributed by atoms with Crippen molar-refractivity contribution in [2.75, 3.05) is 34.9 Å². The highest BCUT2D eigenvalue weighted by molar-refractivity contribution is 5.79. The highest BCUT2D eigenvalue weighted by atomic mass is 19.1. The van der Waals surface area contributed by atoms with Crippen molar-refractivity contribution in [3.05, 3.63) is 65.5 Å². The van der Waals surface area contributed by atoms with Crippen molar-refractivity contribution in [2.45, 2.75) is 12.6 Å². The molecule has 0 radical (unpaired) electrons. The third-order valence-corrected chi connectivity index (χ3v) is 4.12. The molecule has 6 heteroatoms. The molecule has 0 saturated heterocycles. The van der Waals surface area contributed by atoms with Crippen LogP contribution in [0.2, 0.25) is 0 Å². The van der Waals surface area contributed by atoms with Crippen molar-refractivity contribution < 1.29 is 13.9 Å². The number of ether oxygens (including phenoxy) is 2. The molecule has 2 rings (SSSR count). The van der Waals surface area contributed by atoms with Gasteiger partial charge in [0.2, 0.25) is 0 Å². The number of halogens is 1. The maximum Gasteiger partial charge on any atom is 0.193 e. The van der Waals surface area contributed by atoms with Gasteiger partial charge in [-0.3, -0.25) is 4.99 Å². The number of benzene rings is 2. The predicted octanol–water partition coefficient (Wildman–Crippen LogP) is 3.23. The summed E-state index contributed by atoms with van der Waals surface area (Å²) in [6, 6.07) is 14.3. The number of guanidine groups is 1. The van der Waals surface area contributed by atoms with E-state index in [0.717, 1.165) is 22.8 Å². The van der Waals surface area contributed by atoms with Gasteiger partial charge in [-0.05, 0) is 35.4 Å². The quantitative estimate of drug-likeness (QED) is 0.609. The van der Waals surface area contributed by atoms with E-state index in [2.05, 4.69) is 10.3 Å². The Morgan fingerprint density at radius 2 is 1.77 bits per heavy atom. The Morgan fingerprint density at radius 1 is 1.12 bits per heavy atom. The van der Waals surface area contributed by atoms with E-state index in [9.17, 15) is 4.39 Å². The zero-order valence-electron chi connectivity index (χ0n) is 15.7. The number of methoxy groups -OCH3 is 2. The fourth-order valence-corrected chi connectivity index (χ4v) is 2.66. The molecule has 1 atom stereocenters. The van der Waals surface area contributed by atoms with Gasteiger partial charge in [0.1, 0.15) is 11.6 Å². The first-order valence-electron chi connectivity index (χ1n) is 8.40. The second-order valence-electron chi connectivity index (χ2n) is 5.91. The van der Waals surface area contributed by atoms with Crippen molar-refractivity contribution in [1.29, 1.82) is 0 Å². The molecule has 0 spiro atoms. The molecule has 26 heavy (non-hydrogen) atoms. The molecule has 0 aliphatic rings. The van der Waals surface area contributed by atoms with Gasteiger partial charge in [-0.15, -0.1) is 0 Å². The van der Waals surface area contributed by atoms with Gasteiger partial charge in [0.25, 0.3) is 0 Å². The SMILES string of the molecule is CN=C(NCC(OC)c1ccc(F)cc1)N(C)Cc1ccc(OC)cc1. The molecule has 2 aromatic carbocycles. The van der Waals surface area contributed by atoms with Gasteiger partial charge in [-0.25, -0.2) is 4.39 Å². The normalized spacial score (nSPS) is 12.6. The summed E-state index contributed by atoms with van der Waals surface area (Å²) in [6.45, 7) is 1.24. The van der Waals surface area contributed by atoms with Crippen LogP contribution in [0.25, 0.3) is 0 Å². The van der Waals surface area contributed by atoms with Gasteiger partial charge in [-0.1, -0.05) is 24.3 Å². The van der Waals surface area contributed by atoms with E-state index >= 15 is 0 Å². The molecule has 2 aromatic rings. The number of hydrogen-bond acceptors (Lipinski definition) is 3. The molecule has 0 heterocycles. The van der Waals surface area contributed by atoms with Crippen molar-refractivity contribution in [1.82, 2.24) is 10.2 Å². The smallest absolute Gasteiger partial charge is 0.193 e. The molecule has 1 N–H and O–H groups in total. The molecule has 0 aliphatic carbocycles. The van der Waals surface area contributed by atoms with E-state index in [1.165, 1.54) is 12.1 Å². The van der Waals surface area contributed by atoms with Crippen LogP contribution < -0.4 is 10.1 Å². The van der Waals surface area contributed by atoms with E-state index in [0.29, 0.717) is 13.1 Å². The summed E-state index contributed by atoms with van der Waals surface area (Å²) in [5.74, 6) is 1.33. The minimum Gasteiger partial charge on any atom is -0.497 e. The number of nitrogens with one attached hydrogen (secondary N) is 1. The highest BCUT2D eigenvalue weighted by Crippen LogP contribution is 2.16.